The first-order chi connectivity index (χ1) is 14.1. The lowest BCUT2D eigenvalue weighted by atomic mass is 10.2. The van der Waals surface area contributed by atoms with Gasteiger partial charge < -0.3 is 9.72 Å². The summed E-state index contributed by atoms with van der Waals surface area (Å²) < 4.78 is 20.5. The molecule has 146 valence electrons. The highest BCUT2D eigenvalue weighted by molar-refractivity contribution is 6.29. The Morgan fingerprint density at radius 2 is 2.14 bits per heavy atom. The molecule has 8 nitrogen and oxygen atoms in total. The Morgan fingerprint density at radius 3 is 2.93 bits per heavy atom. The predicted molar refractivity (Wildman–Crippen MR) is 101 cm³/mol. The van der Waals surface area contributed by atoms with E-state index >= 15 is 0 Å². The van der Waals surface area contributed by atoms with Gasteiger partial charge in [0.2, 0.25) is 0 Å². The second-order valence-corrected chi connectivity index (χ2v) is 7.14. The van der Waals surface area contributed by atoms with Gasteiger partial charge in [-0.3, -0.25) is 0 Å². The van der Waals surface area contributed by atoms with Gasteiger partial charge in [0.15, 0.2) is 11.3 Å². The summed E-state index contributed by atoms with van der Waals surface area (Å²) in [5.41, 5.74) is 2.42. The quantitative estimate of drug-likeness (QED) is 0.397. The molecule has 0 unspecified atom stereocenters. The number of fused-ring (bicyclic) bond motifs is 1. The van der Waals surface area contributed by atoms with Gasteiger partial charge in [-0.2, -0.15) is 0 Å². The van der Waals surface area contributed by atoms with E-state index in [4.69, 9.17) is 16.3 Å². The van der Waals surface area contributed by atoms with Gasteiger partial charge in [-0.15, -0.1) is 5.10 Å². The molecule has 29 heavy (non-hydrogen) atoms. The molecule has 0 bridgehead atoms. The van der Waals surface area contributed by atoms with Crippen LogP contribution in [0.25, 0.3) is 16.9 Å². The molecule has 10 heteroatoms. The summed E-state index contributed by atoms with van der Waals surface area (Å²) in [6.07, 6.45) is 1.83. The molecule has 1 N–H and O–H groups in total. The maximum absolute atomic E-state index is 13.6. The van der Waals surface area contributed by atoms with Crippen molar-refractivity contribution < 1.29 is 13.9 Å². The van der Waals surface area contributed by atoms with Gasteiger partial charge in [0.1, 0.15) is 23.4 Å². The number of imidazole rings is 1. The van der Waals surface area contributed by atoms with Crippen molar-refractivity contribution in [3.8, 4) is 5.69 Å². The first kappa shape index (κ1) is 17.7. The summed E-state index contributed by atoms with van der Waals surface area (Å²) in [5.74, 6) is -0.412. The minimum atomic E-state index is -0.610. The Bertz CT molecular complexity index is 1230. The number of benzene rings is 1. The van der Waals surface area contributed by atoms with E-state index in [1.807, 2.05) is 0 Å². The number of carbonyl (C=O) groups is 1. The van der Waals surface area contributed by atoms with E-state index in [0.29, 0.717) is 33.5 Å². The highest BCUT2D eigenvalue weighted by Crippen LogP contribution is 2.42. The second-order valence-electron chi connectivity index (χ2n) is 6.75. The van der Waals surface area contributed by atoms with Crippen LogP contribution in [-0.2, 0) is 11.3 Å². The Kier molecular flexibility index (Phi) is 4.24. The van der Waals surface area contributed by atoms with E-state index in [2.05, 4.69) is 25.3 Å². The molecule has 0 radical (unpaired) electrons. The van der Waals surface area contributed by atoms with Crippen LogP contribution in [0.4, 0.5) is 4.39 Å². The Labute approximate surface area is 168 Å². The van der Waals surface area contributed by atoms with Crippen LogP contribution in [0.15, 0.2) is 36.4 Å². The lowest BCUT2D eigenvalue weighted by molar-refractivity contribution is 0.0455. The summed E-state index contributed by atoms with van der Waals surface area (Å²) in [6, 6.07) is 9.39. The molecular weight excluding hydrogens is 399 g/mol. The van der Waals surface area contributed by atoms with E-state index in [1.165, 1.54) is 16.8 Å². The number of halogens is 2. The van der Waals surface area contributed by atoms with Crippen LogP contribution in [0.5, 0.6) is 0 Å². The minimum absolute atomic E-state index is 0.0796. The highest BCUT2D eigenvalue weighted by Gasteiger charge is 2.35. The largest absolute Gasteiger partial charge is 0.453 e. The molecule has 0 atom stereocenters. The zero-order valence-corrected chi connectivity index (χ0v) is 15.7. The molecule has 1 aromatic carbocycles. The fourth-order valence-electron chi connectivity index (χ4n) is 3.15. The number of nitrogens with one attached hydrogen (secondary N) is 1. The molecule has 1 saturated carbocycles. The van der Waals surface area contributed by atoms with Crippen LogP contribution in [0.1, 0.15) is 40.8 Å². The lowest BCUT2D eigenvalue weighted by Crippen LogP contribution is -2.10. The predicted octanol–water partition coefficient (Wildman–Crippen LogP) is 3.57. The molecule has 3 heterocycles. The van der Waals surface area contributed by atoms with E-state index in [9.17, 15) is 9.18 Å². The number of aromatic amines is 1. The number of hydrogen-bond donors (Lipinski definition) is 1. The molecule has 4 aromatic rings. The number of ether oxygens (including phenoxy) is 1. The zero-order valence-electron chi connectivity index (χ0n) is 15.0. The van der Waals surface area contributed by atoms with Crippen molar-refractivity contribution in [3.05, 3.63) is 64.6 Å². The van der Waals surface area contributed by atoms with Crippen LogP contribution < -0.4 is 0 Å². The Morgan fingerprint density at radius 1 is 1.28 bits per heavy atom. The third kappa shape index (κ3) is 3.44. The van der Waals surface area contributed by atoms with Gasteiger partial charge >= 0.3 is 5.97 Å². The van der Waals surface area contributed by atoms with Crippen molar-refractivity contribution in [3.63, 3.8) is 0 Å². The number of nitrogens with zero attached hydrogens (tertiary/aromatic N) is 5. The van der Waals surface area contributed by atoms with Gasteiger partial charge in [-0.1, -0.05) is 22.9 Å². The summed E-state index contributed by atoms with van der Waals surface area (Å²) in [6.45, 7) is -0.0796. The second kappa shape index (κ2) is 6.93. The van der Waals surface area contributed by atoms with Gasteiger partial charge in [-0.05, 0) is 43.2 Å². The summed E-state index contributed by atoms with van der Waals surface area (Å²) in [4.78, 5) is 24.0. The average molecular weight is 413 g/mol. The Balaban J connectivity index is 1.39. The molecule has 1 aliphatic rings. The zero-order chi connectivity index (χ0) is 20.0. The number of esters is 1. The number of pyridine rings is 1. The number of rotatable bonds is 5. The van der Waals surface area contributed by atoms with Crippen molar-refractivity contribution in [1.29, 1.82) is 0 Å². The van der Waals surface area contributed by atoms with E-state index in [-0.39, 0.29) is 24.0 Å². The first-order valence-electron chi connectivity index (χ1n) is 8.98. The molecule has 0 spiro atoms. The van der Waals surface area contributed by atoms with Gasteiger partial charge in [0.05, 0.1) is 16.9 Å². The fraction of sp³-hybridized carbons (Fsp3) is 0.211. The number of H-pyrrole nitrogens is 1. The fourth-order valence-corrected chi connectivity index (χ4v) is 3.29. The summed E-state index contributed by atoms with van der Waals surface area (Å²) >= 11 is 5.86. The van der Waals surface area contributed by atoms with E-state index < -0.39 is 5.97 Å². The summed E-state index contributed by atoms with van der Waals surface area (Å²) in [7, 11) is 0. The minimum Gasteiger partial charge on any atom is -0.453 e. The number of carbonyl (C=O) groups excluding carboxylic acids is 1. The summed E-state index contributed by atoms with van der Waals surface area (Å²) in [5, 5.41) is 8.40. The average Bonchev–Trinajstić information content (AvgIpc) is 3.31. The monoisotopic (exact) mass is 412 g/mol. The first-order valence-corrected chi connectivity index (χ1v) is 9.36. The molecule has 0 saturated heterocycles. The molecule has 1 aliphatic carbocycles. The Hall–Kier alpha value is -3.33. The smallest absolute Gasteiger partial charge is 0.361 e. The molecule has 3 aromatic heterocycles. The third-order valence-electron chi connectivity index (χ3n) is 4.62. The highest BCUT2D eigenvalue weighted by atomic mass is 35.5. The van der Waals surface area contributed by atoms with E-state index in [1.54, 1.807) is 24.3 Å². The van der Waals surface area contributed by atoms with Crippen LogP contribution in [0.3, 0.4) is 0 Å². The van der Waals surface area contributed by atoms with Gasteiger partial charge in [0, 0.05) is 5.92 Å². The normalized spacial score (nSPS) is 13.7. The molecule has 5 rings (SSSR count). The number of aromatic nitrogens is 6. The maximum atomic E-state index is 13.6. The van der Waals surface area contributed by atoms with Crippen LogP contribution in [0.2, 0.25) is 5.15 Å². The van der Waals surface area contributed by atoms with Gasteiger partial charge in [-0.25, -0.2) is 23.8 Å². The van der Waals surface area contributed by atoms with Gasteiger partial charge in [0.25, 0.3) is 0 Å². The van der Waals surface area contributed by atoms with Crippen molar-refractivity contribution in [2.45, 2.75) is 25.4 Å². The van der Waals surface area contributed by atoms with Crippen LogP contribution in [-0.4, -0.2) is 35.9 Å². The van der Waals surface area contributed by atoms with Crippen molar-refractivity contribution in [2.75, 3.05) is 0 Å². The lowest BCUT2D eigenvalue weighted by Gasteiger charge is -2.07. The standard InChI is InChI=1S/C19H14ClFN6O2/c20-14-7-6-13-18(23-14)24-15(22-13)9-29-19(28)16-17(10-4-5-10)27(26-25-16)12-3-1-2-11(21)8-12/h1-3,6-8,10H,4-5,9H2,(H,22,23,24). The maximum Gasteiger partial charge on any atom is 0.361 e. The number of hydrogen-bond acceptors (Lipinski definition) is 6. The van der Waals surface area contributed by atoms with Crippen molar-refractivity contribution in [2.24, 2.45) is 0 Å². The van der Waals surface area contributed by atoms with Crippen molar-refractivity contribution >= 4 is 28.7 Å². The molecule has 0 aliphatic heterocycles. The van der Waals surface area contributed by atoms with Crippen LogP contribution in [0, 0.1) is 5.82 Å². The topological polar surface area (TPSA) is 98.6 Å². The van der Waals surface area contributed by atoms with Crippen LogP contribution >= 0.6 is 11.6 Å². The third-order valence-corrected chi connectivity index (χ3v) is 4.83. The SMILES string of the molecule is O=C(OCc1nc2nc(Cl)ccc2[nH]1)c1nnn(-c2cccc(F)c2)c1C1CC1. The molecular formula is C19H14ClFN6O2. The molecule has 0 amide bonds. The van der Waals surface area contributed by atoms with Crippen molar-refractivity contribution in [1.82, 2.24) is 29.9 Å². The molecule has 1 fully saturated rings. The van der Waals surface area contributed by atoms with E-state index in [0.717, 1.165) is 12.8 Å².